The minimum absolute atomic E-state index is 0.00240. The van der Waals surface area contributed by atoms with E-state index in [-0.39, 0.29) is 132 Å². The zero-order valence-corrected chi connectivity index (χ0v) is 61.6. The summed E-state index contributed by atoms with van der Waals surface area (Å²) in [6.45, 7) is 25.0. The first-order valence-electron chi connectivity index (χ1n) is 31.9. The fourth-order valence-corrected chi connectivity index (χ4v) is 13.3. The number of aromatic amines is 2. The van der Waals surface area contributed by atoms with E-state index in [0.29, 0.717) is 11.5 Å². The molecule has 16 nitrogen and oxygen atoms in total. The molecular formula is C75H77Cl7N8O8. The van der Waals surface area contributed by atoms with Crippen LogP contribution in [0.15, 0.2) is 143 Å². The van der Waals surface area contributed by atoms with Crippen molar-refractivity contribution >= 4 is 128 Å². The van der Waals surface area contributed by atoms with Crippen LogP contribution in [0.5, 0.6) is 11.5 Å². The van der Waals surface area contributed by atoms with E-state index < -0.39 is 40.7 Å². The standard InChI is InChI=1S/C75H77Cl7N8O8/c1-13-72(5,6)43-27-29-57(50(33-43)74(9,10)15-3)97-39-59(91)83-47-23-19-21-41(31-47)68(93)85-66-62(70(95)89(87-66)64-53(79)35-45(76)36-54(64)80)61(49-25-17-18-26-52(49)78)63-67(88-90(71(63)96)65-55(81)37-46(77)38-56(65)82)86-69(94)42-22-20-24-48(32-42)84-60(92)40-98-58-30-28-44(73(7,8)14-2)34-51(58)75(11,12)16-4/h17-38,61,87-88H,13-16,39-40H2,1-12H3,(H,83,91)(H,84,92)(H,85,93)(H,86,94). The van der Waals surface area contributed by atoms with Crippen LogP contribution in [-0.4, -0.2) is 56.4 Å². The number of halogens is 7. The van der Waals surface area contributed by atoms with Gasteiger partial charge in [0.15, 0.2) is 13.2 Å². The number of anilines is 4. The van der Waals surface area contributed by atoms with Crippen molar-refractivity contribution < 1.29 is 28.7 Å². The number of amides is 4. The summed E-state index contributed by atoms with van der Waals surface area (Å²) in [7, 11) is 0. The summed E-state index contributed by atoms with van der Waals surface area (Å²) in [4.78, 5) is 89.0. The normalized spacial score (nSPS) is 12.0. The van der Waals surface area contributed by atoms with Gasteiger partial charge in [0, 0.05) is 48.7 Å². The van der Waals surface area contributed by atoms with Gasteiger partial charge in [-0.25, -0.2) is 9.36 Å². The van der Waals surface area contributed by atoms with Crippen LogP contribution in [0.4, 0.5) is 23.0 Å². The predicted molar refractivity (Wildman–Crippen MR) is 398 cm³/mol. The molecule has 2 heterocycles. The van der Waals surface area contributed by atoms with Gasteiger partial charge in [-0.05, 0) is 143 Å². The third-order valence-corrected chi connectivity index (χ3v) is 20.5. The molecule has 0 atom stereocenters. The van der Waals surface area contributed by atoms with Crippen LogP contribution in [-0.2, 0) is 31.2 Å². The van der Waals surface area contributed by atoms with Crippen LogP contribution in [0.3, 0.4) is 0 Å². The van der Waals surface area contributed by atoms with Gasteiger partial charge in [-0.1, -0.05) is 219 Å². The van der Waals surface area contributed by atoms with E-state index in [1.165, 1.54) is 54.6 Å². The highest BCUT2D eigenvalue weighted by Gasteiger charge is 2.38. The minimum atomic E-state index is -1.65. The molecule has 6 N–H and O–H groups in total. The van der Waals surface area contributed by atoms with Gasteiger partial charge < -0.3 is 30.7 Å². The highest BCUT2D eigenvalue weighted by Crippen LogP contribution is 2.44. The molecule has 23 heteroatoms. The van der Waals surface area contributed by atoms with Crippen molar-refractivity contribution in [2.75, 3.05) is 34.5 Å². The number of hydrogen-bond donors (Lipinski definition) is 6. The minimum Gasteiger partial charge on any atom is -0.483 e. The van der Waals surface area contributed by atoms with E-state index >= 15 is 9.59 Å². The number of ether oxygens (including phenoxy) is 2. The molecule has 0 aliphatic rings. The number of rotatable bonds is 25. The first-order valence-corrected chi connectivity index (χ1v) is 34.6. The summed E-state index contributed by atoms with van der Waals surface area (Å²) in [5.74, 6) is -3.76. The number of aromatic nitrogens is 4. The van der Waals surface area contributed by atoms with Crippen LogP contribution in [0.1, 0.15) is 174 Å². The molecular weight excluding hydrogens is 1390 g/mol. The third-order valence-electron chi connectivity index (χ3n) is 18.6. The number of benzene rings is 7. The topological polar surface area (TPSA) is 210 Å². The third kappa shape index (κ3) is 16.2. The van der Waals surface area contributed by atoms with E-state index in [2.05, 4.69) is 127 Å². The number of H-pyrrole nitrogens is 2. The van der Waals surface area contributed by atoms with Gasteiger partial charge in [0.25, 0.3) is 34.7 Å². The van der Waals surface area contributed by atoms with Gasteiger partial charge in [-0.15, -0.1) is 0 Å². The van der Waals surface area contributed by atoms with E-state index in [9.17, 15) is 19.2 Å². The Hall–Kier alpha value is -7.93. The summed E-state index contributed by atoms with van der Waals surface area (Å²) < 4.78 is 14.4. The second-order valence-electron chi connectivity index (χ2n) is 26.6. The fraction of sp³-hybridized carbons (Fsp3) is 0.307. The second kappa shape index (κ2) is 30.3. The van der Waals surface area contributed by atoms with Crippen molar-refractivity contribution in [1.29, 1.82) is 0 Å². The Morgan fingerprint density at radius 3 is 1.16 bits per heavy atom. The van der Waals surface area contributed by atoms with Gasteiger partial charge >= 0.3 is 0 Å². The monoisotopic (exact) mass is 1460 g/mol. The lowest BCUT2D eigenvalue weighted by Crippen LogP contribution is -2.27. The van der Waals surface area contributed by atoms with Crippen molar-refractivity contribution in [3.8, 4) is 22.9 Å². The molecule has 98 heavy (non-hydrogen) atoms. The Kier molecular flexibility index (Phi) is 22.9. The maximum Gasteiger partial charge on any atom is 0.277 e. The lowest BCUT2D eigenvalue weighted by Gasteiger charge is -2.30. The Labute approximate surface area is 604 Å². The molecule has 7 aromatic carbocycles. The molecule has 0 bridgehead atoms. The summed E-state index contributed by atoms with van der Waals surface area (Å²) in [5, 5.41) is 17.2. The van der Waals surface area contributed by atoms with Crippen LogP contribution in [0, 0.1) is 0 Å². The molecule has 0 aliphatic carbocycles. The largest absolute Gasteiger partial charge is 0.483 e. The zero-order valence-electron chi connectivity index (χ0n) is 56.3. The Bertz CT molecular complexity index is 4370. The Balaban J connectivity index is 1.10. The molecule has 2 aromatic heterocycles. The number of carbonyl (C=O) groups excluding carboxylic acids is 4. The van der Waals surface area contributed by atoms with E-state index in [1.807, 2.05) is 24.3 Å². The summed E-state index contributed by atoms with van der Waals surface area (Å²) in [5.41, 5.74) is 1.39. The van der Waals surface area contributed by atoms with Gasteiger partial charge in [0.2, 0.25) is 0 Å². The number of hydrogen-bond acceptors (Lipinski definition) is 8. The molecule has 0 saturated heterocycles. The summed E-state index contributed by atoms with van der Waals surface area (Å²) in [6, 6.07) is 36.0. The smallest absolute Gasteiger partial charge is 0.277 e. The maximum absolute atomic E-state index is 15.8. The van der Waals surface area contributed by atoms with E-state index in [0.717, 1.165) is 57.3 Å². The first kappa shape index (κ1) is 74.3. The van der Waals surface area contributed by atoms with E-state index in [4.69, 9.17) is 90.7 Å². The molecule has 9 aromatic rings. The van der Waals surface area contributed by atoms with Crippen LogP contribution < -0.4 is 41.9 Å². The van der Waals surface area contributed by atoms with Crippen molar-refractivity contribution in [1.82, 2.24) is 19.6 Å². The Morgan fingerprint density at radius 1 is 0.439 bits per heavy atom. The fourth-order valence-electron chi connectivity index (χ4n) is 11.1. The molecule has 0 aliphatic heterocycles. The summed E-state index contributed by atoms with van der Waals surface area (Å²) >= 11 is 47.4. The molecule has 0 fully saturated rings. The molecule has 9 rings (SSSR count). The number of nitrogens with one attached hydrogen (secondary N) is 6. The lowest BCUT2D eigenvalue weighted by molar-refractivity contribution is -0.118. The molecule has 0 spiro atoms. The van der Waals surface area contributed by atoms with Crippen molar-refractivity contribution in [2.24, 2.45) is 0 Å². The average molecular weight is 1470 g/mol. The van der Waals surface area contributed by atoms with Gasteiger partial charge in [0.05, 0.1) is 37.1 Å². The summed E-state index contributed by atoms with van der Waals surface area (Å²) in [6.07, 6.45) is 3.47. The lowest BCUT2D eigenvalue weighted by atomic mass is 9.76. The van der Waals surface area contributed by atoms with E-state index in [1.54, 1.807) is 42.5 Å². The van der Waals surface area contributed by atoms with Gasteiger partial charge in [0.1, 0.15) is 34.5 Å². The highest BCUT2D eigenvalue weighted by molar-refractivity contribution is 6.41. The van der Waals surface area contributed by atoms with Gasteiger partial charge in [-0.2, -0.15) is 0 Å². The van der Waals surface area contributed by atoms with Crippen LogP contribution in [0.2, 0.25) is 35.2 Å². The number of carbonyl (C=O) groups is 4. The average Bonchev–Trinajstić information content (AvgIpc) is 1.57. The highest BCUT2D eigenvalue weighted by atomic mass is 35.5. The van der Waals surface area contributed by atoms with Crippen molar-refractivity contribution in [3.63, 3.8) is 0 Å². The molecule has 0 saturated carbocycles. The SMILES string of the molecule is CCC(C)(C)c1ccc(OCC(=O)Nc2cccc(C(=O)Nc3[nH]n(-c4c(Cl)cc(Cl)cc4Cl)c(=O)c3C(c3ccccc3Cl)c3c(NC(=O)c4cccc(NC(=O)COc5ccc(C(C)(C)CC)cc5C(C)(C)CC)c4)[nH]n(-c4c(Cl)cc(Cl)cc4Cl)c3=O)c2)c(C(C)(C)CC)c1. The quantitative estimate of drug-likeness (QED) is 0.0323. The number of nitrogens with zero attached hydrogens (tertiary/aromatic N) is 2. The molecule has 0 radical (unpaired) electrons. The van der Waals surface area contributed by atoms with Crippen LogP contribution in [0.25, 0.3) is 11.4 Å². The van der Waals surface area contributed by atoms with Crippen LogP contribution >= 0.6 is 81.2 Å². The van der Waals surface area contributed by atoms with Gasteiger partial charge in [-0.3, -0.25) is 39.0 Å². The molecule has 0 unspecified atom stereocenters. The first-order chi connectivity index (χ1) is 46.2. The van der Waals surface area contributed by atoms with Crippen molar-refractivity contribution in [2.45, 2.75) is 136 Å². The van der Waals surface area contributed by atoms with Crippen molar-refractivity contribution in [3.05, 3.63) is 239 Å². The predicted octanol–water partition coefficient (Wildman–Crippen LogP) is 19.7. The molecule has 514 valence electrons. The molecule has 4 amide bonds. The maximum atomic E-state index is 15.8. The second-order valence-corrected chi connectivity index (χ2v) is 29.5. The zero-order chi connectivity index (χ0) is 71.5. The Morgan fingerprint density at radius 2 is 0.806 bits per heavy atom.